The summed E-state index contributed by atoms with van der Waals surface area (Å²) < 4.78 is 0. The lowest BCUT2D eigenvalue weighted by atomic mass is 10.1. The Morgan fingerprint density at radius 3 is 3.00 bits per heavy atom. The Bertz CT molecular complexity index is 321. The van der Waals surface area contributed by atoms with Crippen molar-refractivity contribution < 1.29 is 5.11 Å². The molecule has 1 aliphatic heterocycles. The van der Waals surface area contributed by atoms with Gasteiger partial charge in [-0.05, 0) is 37.3 Å². The fourth-order valence-electron chi connectivity index (χ4n) is 1.99. The quantitative estimate of drug-likeness (QED) is 0.734. The van der Waals surface area contributed by atoms with E-state index < -0.39 is 0 Å². The topological polar surface area (TPSA) is 32.3 Å². The van der Waals surface area contributed by atoms with E-state index in [-0.39, 0.29) is 0 Å². The zero-order valence-corrected chi connectivity index (χ0v) is 9.10. The van der Waals surface area contributed by atoms with Gasteiger partial charge in [0.05, 0.1) is 4.90 Å². The number of nitrogens with one attached hydrogen (secondary N) is 1. The van der Waals surface area contributed by atoms with Crippen LogP contribution in [0.2, 0.25) is 0 Å². The second-order valence-corrected chi connectivity index (χ2v) is 4.37. The molecule has 14 heavy (non-hydrogen) atoms. The monoisotopic (exact) mass is 209 g/mol. The van der Waals surface area contributed by atoms with E-state index >= 15 is 0 Å². The van der Waals surface area contributed by atoms with Gasteiger partial charge in [-0.3, -0.25) is 0 Å². The summed E-state index contributed by atoms with van der Waals surface area (Å²) in [7, 11) is 0. The van der Waals surface area contributed by atoms with Crippen molar-refractivity contribution in [2.24, 2.45) is 0 Å². The van der Waals surface area contributed by atoms with Crippen molar-refractivity contribution >= 4 is 11.8 Å². The highest BCUT2D eigenvalue weighted by atomic mass is 32.2. The Labute approximate surface area is 88.7 Å². The van der Waals surface area contributed by atoms with Crippen molar-refractivity contribution in [3.63, 3.8) is 0 Å². The molecular formula is C11H15NOS. The van der Waals surface area contributed by atoms with Gasteiger partial charge in [0.2, 0.25) is 0 Å². The van der Waals surface area contributed by atoms with Crippen molar-refractivity contribution in [1.82, 2.24) is 5.32 Å². The molecule has 0 spiro atoms. The molecule has 2 nitrogen and oxygen atoms in total. The maximum atomic E-state index is 9.70. The summed E-state index contributed by atoms with van der Waals surface area (Å²) in [6.07, 6.45) is 4.42. The minimum Gasteiger partial charge on any atom is -0.507 e. The number of aromatic hydroxyl groups is 1. The first-order chi connectivity index (χ1) is 6.83. The highest BCUT2D eigenvalue weighted by Gasteiger charge is 2.20. The molecule has 0 saturated carbocycles. The predicted molar refractivity (Wildman–Crippen MR) is 59.9 cm³/mol. The average molecular weight is 209 g/mol. The summed E-state index contributed by atoms with van der Waals surface area (Å²) >= 11 is 1.62. The predicted octanol–water partition coefficient (Wildman–Crippen LogP) is 2.54. The van der Waals surface area contributed by atoms with E-state index in [2.05, 4.69) is 11.4 Å². The molecule has 1 heterocycles. The van der Waals surface area contributed by atoms with Crippen LogP contribution in [0.15, 0.2) is 23.1 Å². The molecule has 0 bridgehead atoms. The summed E-state index contributed by atoms with van der Waals surface area (Å²) in [4.78, 5) is 1.02. The van der Waals surface area contributed by atoms with Crippen LogP contribution >= 0.6 is 11.8 Å². The van der Waals surface area contributed by atoms with Gasteiger partial charge in [0.25, 0.3) is 0 Å². The maximum Gasteiger partial charge on any atom is 0.129 e. The lowest BCUT2D eigenvalue weighted by Crippen LogP contribution is -2.13. The first-order valence-corrected chi connectivity index (χ1v) is 6.14. The van der Waals surface area contributed by atoms with Gasteiger partial charge in [0.1, 0.15) is 5.75 Å². The number of thioether (sulfide) groups is 1. The van der Waals surface area contributed by atoms with Gasteiger partial charge in [0, 0.05) is 6.04 Å². The molecule has 0 aromatic heterocycles. The fourth-order valence-corrected chi connectivity index (χ4v) is 2.71. The van der Waals surface area contributed by atoms with Crippen molar-refractivity contribution in [3.8, 4) is 5.75 Å². The van der Waals surface area contributed by atoms with Gasteiger partial charge in [-0.1, -0.05) is 12.1 Å². The number of phenols is 1. The molecule has 0 radical (unpaired) electrons. The summed E-state index contributed by atoms with van der Waals surface area (Å²) in [5, 5.41) is 13.2. The third-order valence-corrected chi connectivity index (χ3v) is 3.52. The van der Waals surface area contributed by atoms with Gasteiger partial charge in [-0.2, -0.15) is 0 Å². The lowest BCUT2D eigenvalue weighted by molar-refractivity contribution is 0.458. The highest BCUT2D eigenvalue weighted by molar-refractivity contribution is 7.98. The third-order valence-electron chi connectivity index (χ3n) is 2.66. The molecule has 1 aromatic carbocycles. The molecule has 1 fully saturated rings. The minimum absolute atomic E-state index is 0.406. The van der Waals surface area contributed by atoms with E-state index in [0.29, 0.717) is 11.8 Å². The summed E-state index contributed by atoms with van der Waals surface area (Å²) in [5.74, 6) is 0.406. The minimum atomic E-state index is 0.406. The molecule has 0 aliphatic carbocycles. The SMILES string of the molecule is CSc1c(O)cccc1C1CCCN1. The van der Waals surface area contributed by atoms with Crippen LogP contribution < -0.4 is 5.32 Å². The number of hydrogen-bond donors (Lipinski definition) is 2. The van der Waals surface area contributed by atoms with E-state index in [1.54, 1.807) is 17.8 Å². The van der Waals surface area contributed by atoms with Crippen LogP contribution in [0.25, 0.3) is 0 Å². The van der Waals surface area contributed by atoms with E-state index in [4.69, 9.17) is 0 Å². The van der Waals surface area contributed by atoms with Crippen molar-refractivity contribution in [1.29, 1.82) is 0 Å². The Kier molecular flexibility index (Phi) is 2.99. The molecule has 2 rings (SSSR count). The first-order valence-electron chi connectivity index (χ1n) is 4.92. The molecule has 76 valence electrons. The maximum absolute atomic E-state index is 9.70. The molecule has 1 unspecified atom stereocenters. The zero-order chi connectivity index (χ0) is 9.97. The van der Waals surface area contributed by atoms with E-state index in [9.17, 15) is 5.11 Å². The average Bonchev–Trinajstić information content (AvgIpc) is 2.70. The van der Waals surface area contributed by atoms with Crippen LogP contribution in [0.4, 0.5) is 0 Å². The van der Waals surface area contributed by atoms with E-state index in [1.165, 1.54) is 18.4 Å². The largest absolute Gasteiger partial charge is 0.507 e. The highest BCUT2D eigenvalue weighted by Crippen LogP contribution is 2.36. The second-order valence-electron chi connectivity index (χ2n) is 3.55. The number of phenolic OH excluding ortho intramolecular Hbond substituents is 1. The van der Waals surface area contributed by atoms with Crippen LogP contribution in [0, 0.1) is 0 Å². The smallest absolute Gasteiger partial charge is 0.129 e. The second kappa shape index (κ2) is 4.24. The van der Waals surface area contributed by atoms with Crippen LogP contribution in [-0.2, 0) is 0 Å². The van der Waals surface area contributed by atoms with Gasteiger partial charge in [-0.25, -0.2) is 0 Å². The Morgan fingerprint density at radius 2 is 2.36 bits per heavy atom. The first kappa shape index (κ1) is 9.87. The standard InChI is InChI=1S/C11H15NOS/c1-14-11-8(4-2-6-10(11)13)9-5-3-7-12-9/h2,4,6,9,12-13H,3,5,7H2,1H3. The van der Waals surface area contributed by atoms with Crippen LogP contribution in [0.3, 0.4) is 0 Å². The summed E-state index contributed by atoms with van der Waals surface area (Å²) in [6.45, 7) is 1.09. The number of rotatable bonds is 2. The molecule has 3 heteroatoms. The van der Waals surface area contributed by atoms with Gasteiger partial charge >= 0.3 is 0 Å². The van der Waals surface area contributed by atoms with E-state index in [1.807, 2.05) is 12.3 Å². The zero-order valence-electron chi connectivity index (χ0n) is 8.29. The molecule has 1 saturated heterocycles. The fraction of sp³-hybridized carbons (Fsp3) is 0.455. The molecule has 2 N–H and O–H groups in total. The van der Waals surface area contributed by atoms with Crippen molar-refractivity contribution in [2.75, 3.05) is 12.8 Å². The summed E-state index contributed by atoms with van der Waals surface area (Å²) in [6, 6.07) is 6.22. The Balaban J connectivity index is 2.35. The molecule has 1 aromatic rings. The van der Waals surface area contributed by atoms with Crippen LogP contribution in [-0.4, -0.2) is 17.9 Å². The van der Waals surface area contributed by atoms with Crippen molar-refractivity contribution in [3.05, 3.63) is 23.8 Å². The molecule has 1 atom stereocenters. The normalized spacial score (nSPS) is 21.4. The summed E-state index contributed by atoms with van der Waals surface area (Å²) in [5.41, 5.74) is 1.25. The van der Waals surface area contributed by atoms with Crippen LogP contribution in [0.1, 0.15) is 24.4 Å². The molecule has 1 aliphatic rings. The van der Waals surface area contributed by atoms with Gasteiger partial charge in [0.15, 0.2) is 0 Å². The van der Waals surface area contributed by atoms with Crippen LogP contribution in [0.5, 0.6) is 5.75 Å². The molecule has 0 amide bonds. The number of benzene rings is 1. The van der Waals surface area contributed by atoms with E-state index in [0.717, 1.165) is 11.4 Å². The molecular weight excluding hydrogens is 194 g/mol. The third kappa shape index (κ3) is 1.74. The van der Waals surface area contributed by atoms with Gasteiger partial charge < -0.3 is 10.4 Å². The Hall–Kier alpha value is -0.670. The number of hydrogen-bond acceptors (Lipinski definition) is 3. The lowest BCUT2D eigenvalue weighted by Gasteiger charge is -2.15. The van der Waals surface area contributed by atoms with Gasteiger partial charge in [-0.15, -0.1) is 11.8 Å². The van der Waals surface area contributed by atoms with Crippen molar-refractivity contribution in [2.45, 2.75) is 23.8 Å². The Morgan fingerprint density at radius 1 is 1.50 bits per heavy atom.